The summed E-state index contributed by atoms with van der Waals surface area (Å²) in [6.07, 6.45) is 2.40. The maximum Gasteiger partial charge on any atom is 0.303 e. The van der Waals surface area contributed by atoms with Crippen LogP contribution in [0.3, 0.4) is 0 Å². The Morgan fingerprint density at radius 2 is 1.88 bits per heavy atom. The number of hydrogen-bond acceptors (Lipinski definition) is 6. The molecule has 1 fully saturated rings. The third kappa shape index (κ3) is 6.73. The van der Waals surface area contributed by atoms with Crippen molar-refractivity contribution in [3.63, 3.8) is 0 Å². The molecule has 10 heteroatoms. The maximum absolute atomic E-state index is 13.4. The van der Waals surface area contributed by atoms with Crippen molar-refractivity contribution in [2.75, 3.05) is 26.7 Å². The molecule has 0 radical (unpaired) electrons. The summed E-state index contributed by atoms with van der Waals surface area (Å²) in [6, 6.07) is 6.99. The largest absolute Gasteiger partial charge is 0.497 e. The van der Waals surface area contributed by atoms with Gasteiger partial charge in [-0.15, -0.1) is 0 Å². The van der Waals surface area contributed by atoms with Crippen LogP contribution < -0.4 is 4.74 Å². The number of aliphatic hydroxyl groups excluding tert-OH is 2. The Morgan fingerprint density at radius 1 is 1.18 bits per heavy atom. The average Bonchev–Trinajstić information content (AvgIpc) is 2.94. The molecule has 40 heavy (non-hydrogen) atoms. The number of likely N-dealkylation sites (tertiary alicyclic amines) is 1. The first-order chi connectivity index (χ1) is 19.1. The van der Waals surface area contributed by atoms with Crippen LogP contribution in [0.15, 0.2) is 36.5 Å². The molecular weight excluding hydrogens is 525 g/mol. The van der Waals surface area contributed by atoms with E-state index in [1.165, 1.54) is 13.3 Å². The lowest BCUT2D eigenvalue weighted by atomic mass is 9.71. The van der Waals surface area contributed by atoms with Gasteiger partial charge in [0.05, 0.1) is 38.3 Å². The van der Waals surface area contributed by atoms with E-state index in [1.54, 1.807) is 18.2 Å². The van der Waals surface area contributed by atoms with Crippen molar-refractivity contribution >= 4 is 16.9 Å². The highest BCUT2D eigenvalue weighted by atomic mass is 19.2. The molecule has 0 saturated carbocycles. The van der Waals surface area contributed by atoms with Gasteiger partial charge in [-0.25, -0.2) is 13.2 Å². The number of halogens is 3. The van der Waals surface area contributed by atoms with E-state index < -0.39 is 34.9 Å². The number of aliphatic hydroxyl groups is 2. The molecule has 0 aliphatic carbocycles. The molecule has 0 spiro atoms. The summed E-state index contributed by atoms with van der Waals surface area (Å²) in [5.74, 6) is 1.03. The molecule has 2 aromatic carbocycles. The second kappa shape index (κ2) is 12.7. The quantitative estimate of drug-likeness (QED) is 0.262. The Labute approximate surface area is 230 Å². The third-order valence-corrected chi connectivity index (χ3v) is 7.61. The van der Waals surface area contributed by atoms with Gasteiger partial charge in [-0.05, 0) is 80.1 Å². The molecule has 1 aliphatic rings. The molecule has 1 saturated heterocycles. The Hall–Kier alpha value is -3.65. The monoisotopic (exact) mass is 556 g/mol. The average molecular weight is 557 g/mol. The lowest BCUT2D eigenvalue weighted by Crippen LogP contribution is -2.41. The molecule has 212 valence electrons. The first kappa shape index (κ1) is 29.3. The fourth-order valence-electron chi connectivity index (χ4n) is 5.37. The minimum atomic E-state index is -1.54. The summed E-state index contributed by atoms with van der Waals surface area (Å²) in [5.41, 5.74) is 1.19. The van der Waals surface area contributed by atoms with Gasteiger partial charge in [-0.3, -0.25) is 14.7 Å². The molecule has 1 aromatic heterocycles. The van der Waals surface area contributed by atoms with E-state index >= 15 is 0 Å². The van der Waals surface area contributed by atoms with Crippen molar-refractivity contribution in [1.82, 2.24) is 9.88 Å². The molecule has 1 aliphatic heterocycles. The van der Waals surface area contributed by atoms with Crippen molar-refractivity contribution < 1.29 is 38.0 Å². The number of carboxylic acids is 1. The Balaban J connectivity index is 1.45. The Morgan fingerprint density at radius 3 is 2.50 bits per heavy atom. The van der Waals surface area contributed by atoms with Crippen molar-refractivity contribution in [2.24, 2.45) is 5.41 Å². The predicted octanol–water partition coefficient (Wildman–Crippen LogP) is 4.58. The highest BCUT2D eigenvalue weighted by Gasteiger charge is 2.37. The van der Waals surface area contributed by atoms with Crippen LogP contribution >= 0.6 is 0 Å². The highest BCUT2D eigenvalue weighted by Crippen LogP contribution is 2.42. The SMILES string of the molecule is COc1ccc2ncc(CO)c([C@@H](O)CCC3(CC(=O)O)CCN(CC#Cc4cc(F)c(F)c(F)c4)CC3)c2c1. The van der Waals surface area contributed by atoms with Gasteiger partial charge in [0.1, 0.15) is 5.75 Å². The number of aromatic nitrogens is 1. The predicted molar refractivity (Wildman–Crippen MR) is 142 cm³/mol. The van der Waals surface area contributed by atoms with Gasteiger partial charge >= 0.3 is 5.97 Å². The third-order valence-electron chi connectivity index (χ3n) is 7.61. The van der Waals surface area contributed by atoms with E-state index in [2.05, 4.69) is 16.8 Å². The summed E-state index contributed by atoms with van der Waals surface area (Å²) >= 11 is 0. The molecule has 0 unspecified atom stereocenters. The summed E-state index contributed by atoms with van der Waals surface area (Å²) < 4.78 is 45.3. The maximum atomic E-state index is 13.4. The first-order valence-corrected chi connectivity index (χ1v) is 13.0. The van der Waals surface area contributed by atoms with Crippen LogP contribution in [0.5, 0.6) is 5.75 Å². The highest BCUT2D eigenvalue weighted by molar-refractivity contribution is 5.85. The van der Waals surface area contributed by atoms with Gasteiger partial charge in [-0.1, -0.05) is 11.8 Å². The Kier molecular flexibility index (Phi) is 9.30. The Bertz CT molecular complexity index is 1420. The number of carboxylic acid groups (broad SMARTS) is 1. The first-order valence-electron chi connectivity index (χ1n) is 13.0. The minimum Gasteiger partial charge on any atom is -0.497 e. The molecule has 7 nitrogen and oxygen atoms in total. The van der Waals surface area contributed by atoms with Crippen LogP contribution in [0.1, 0.15) is 54.9 Å². The normalized spacial score (nSPS) is 15.8. The topological polar surface area (TPSA) is 103 Å². The van der Waals surface area contributed by atoms with Crippen molar-refractivity contribution in [3.05, 3.63) is 70.7 Å². The summed E-state index contributed by atoms with van der Waals surface area (Å²) in [4.78, 5) is 18.2. The molecule has 1 atom stereocenters. The van der Waals surface area contributed by atoms with Gasteiger partial charge in [0, 0.05) is 22.7 Å². The van der Waals surface area contributed by atoms with Crippen LogP contribution in [0.2, 0.25) is 0 Å². The fourth-order valence-corrected chi connectivity index (χ4v) is 5.37. The number of piperidine rings is 1. The van der Waals surface area contributed by atoms with Crippen LogP contribution in [0.25, 0.3) is 10.9 Å². The van der Waals surface area contributed by atoms with E-state index in [9.17, 15) is 33.3 Å². The zero-order valence-corrected chi connectivity index (χ0v) is 22.1. The molecular formula is C30H31F3N2O5. The fraction of sp³-hybridized carbons (Fsp3) is 0.400. The molecule has 0 amide bonds. The van der Waals surface area contributed by atoms with Crippen molar-refractivity contribution in [2.45, 2.75) is 44.8 Å². The minimum absolute atomic E-state index is 0.0334. The lowest BCUT2D eigenvalue weighted by molar-refractivity contribution is -0.141. The molecule has 4 rings (SSSR count). The standard InChI is InChI=1S/C30H31F3N2O5/c1-40-21-4-5-25-22(15-21)28(20(18-36)17-34-25)26(37)6-7-30(16-27(38)39)8-11-35(12-9-30)10-2-3-19-13-23(31)29(33)24(32)14-19/h4-5,13-15,17,26,36-37H,6-12,16,18H2,1H3,(H,38,39)/t26-/m0/s1. The lowest BCUT2D eigenvalue weighted by Gasteiger charge is -2.41. The number of rotatable bonds is 9. The zero-order chi connectivity index (χ0) is 28.9. The van der Waals surface area contributed by atoms with Crippen LogP contribution in [0, 0.1) is 34.7 Å². The van der Waals surface area contributed by atoms with Crippen molar-refractivity contribution in [1.29, 1.82) is 0 Å². The molecule has 2 heterocycles. The van der Waals surface area contributed by atoms with Gasteiger partial charge < -0.3 is 20.1 Å². The van der Waals surface area contributed by atoms with Crippen LogP contribution in [-0.2, 0) is 11.4 Å². The zero-order valence-electron chi connectivity index (χ0n) is 22.1. The number of aliphatic carboxylic acids is 1. The summed E-state index contributed by atoms with van der Waals surface area (Å²) in [6.45, 7) is 1.11. The smallest absolute Gasteiger partial charge is 0.303 e. The van der Waals surface area contributed by atoms with Gasteiger partial charge in [0.25, 0.3) is 0 Å². The number of benzene rings is 2. The van der Waals surface area contributed by atoms with E-state index in [1.807, 2.05) is 4.90 Å². The second-order valence-corrected chi connectivity index (χ2v) is 10.2. The van der Waals surface area contributed by atoms with E-state index in [0.717, 1.165) is 12.1 Å². The summed E-state index contributed by atoms with van der Waals surface area (Å²) in [7, 11) is 1.54. The summed E-state index contributed by atoms with van der Waals surface area (Å²) in [5, 5.41) is 31.5. The number of hydrogen-bond donors (Lipinski definition) is 3. The number of pyridine rings is 1. The van der Waals surface area contributed by atoms with Gasteiger partial charge in [0.15, 0.2) is 17.5 Å². The number of fused-ring (bicyclic) bond motifs is 1. The van der Waals surface area contributed by atoms with Crippen LogP contribution in [0.4, 0.5) is 13.2 Å². The molecule has 0 bridgehead atoms. The van der Waals surface area contributed by atoms with E-state index in [0.29, 0.717) is 66.7 Å². The van der Waals surface area contributed by atoms with Crippen LogP contribution in [-0.4, -0.2) is 57.9 Å². The van der Waals surface area contributed by atoms with E-state index in [-0.39, 0.29) is 25.0 Å². The van der Waals surface area contributed by atoms with E-state index in [4.69, 9.17) is 4.74 Å². The number of nitrogens with zero attached hydrogens (tertiary/aromatic N) is 2. The number of carbonyl (C=O) groups is 1. The number of methoxy groups -OCH3 is 1. The molecule has 3 aromatic rings. The van der Waals surface area contributed by atoms with Crippen molar-refractivity contribution in [3.8, 4) is 17.6 Å². The van der Waals surface area contributed by atoms with Gasteiger partial charge in [0.2, 0.25) is 0 Å². The second-order valence-electron chi connectivity index (χ2n) is 10.2. The number of ether oxygens (including phenoxy) is 1. The molecule has 3 N–H and O–H groups in total. The van der Waals surface area contributed by atoms with Gasteiger partial charge in [-0.2, -0.15) is 0 Å².